The van der Waals surface area contributed by atoms with E-state index in [0.717, 1.165) is 12.8 Å². The Hall–Kier alpha value is -1.69. The maximum atomic E-state index is 11.8. The van der Waals surface area contributed by atoms with Gasteiger partial charge in [-0.15, -0.1) is 0 Å². The summed E-state index contributed by atoms with van der Waals surface area (Å²) in [6, 6.07) is 2.67. The van der Waals surface area contributed by atoms with E-state index in [9.17, 15) is 9.59 Å². The van der Waals surface area contributed by atoms with Crippen LogP contribution in [0, 0.1) is 5.41 Å². The number of nitrogens with one attached hydrogen (secondary N) is 2. The molecule has 1 aromatic heterocycles. The second-order valence-electron chi connectivity index (χ2n) is 4.40. The number of hydrogen-bond donors (Lipinski definition) is 3. The van der Waals surface area contributed by atoms with Gasteiger partial charge in [-0.2, -0.15) is 5.10 Å². The molecule has 6 heteroatoms. The van der Waals surface area contributed by atoms with E-state index in [-0.39, 0.29) is 22.6 Å². The average Bonchev–Trinajstić information content (AvgIpc) is 2.41. The second-order valence-corrected chi connectivity index (χ2v) is 4.40. The zero-order valence-electron chi connectivity index (χ0n) is 10.8. The van der Waals surface area contributed by atoms with Gasteiger partial charge in [0.25, 0.3) is 11.5 Å². The van der Waals surface area contributed by atoms with Gasteiger partial charge < -0.3 is 11.1 Å². The monoisotopic (exact) mass is 252 g/mol. The fraction of sp³-hybridized carbons (Fsp3) is 0.583. The molecular formula is C12H20N4O2. The quantitative estimate of drug-likeness (QED) is 0.676. The van der Waals surface area contributed by atoms with Gasteiger partial charge in [0.15, 0.2) is 0 Å². The van der Waals surface area contributed by atoms with Crippen LogP contribution in [0.25, 0.3) is 0 Å². The molecule has 18 heavy (non-hydrogen) atoms. The normalized spacial score (nSPS) is 11.3. The Bertz CT molecular complexity index is 423. The fourth-order valence-corrected chi connectivity index (χ4v) is 1.69. The minimum atomic E-state index is -0.329. The molecule has 0 aliphatic rings. The molecule has 1 heterocycles. The summed E-state index contributed by atoms with van der Waals surface area (Å²) in [6.45, 7) is 5.15. The molecule has 1 aromatic rings. The van der Waals surface area contributed by atoms with E-state index in [1.165, 1.54) is 12.1 Å². The third kappa shape index (κ3) is 3.40. The first kappa shape index (κ1) is 14.4. The SMILES string of the molecule is CCC(CC)(CN)CNC(=O)c1ccc(=O)[nH]n1. The number of aromatic amines is 1. The number of H-pyrrole nitrogens is 1. The van der Waals surface area contributed by atoms with Crippen LogP contribution in [0.4, 0.5) is 0 Å². The van der Waals surface area contributed by atoms with Gasteiger partial charge in [-0.05, 0) is 30.9 Å². The van der Waals surface area contributed by atoms with Crippen LogP contribution in [-0.2, 0) is 0 Å². The standard InChI is InChI=1S/C12H20N4O2/c1-3-12(4-2,7-13)8-14-11(18)9-5-6-10(17)16-15-9/h5-6H,3-4,7-8,13H2,1-2H3,(H,14,18)(H,16,17). The van der Waals surface area contributed by atoms with Gasteiger partial charge in [0, 0.05) is 12.6 Å². The zero-order valence-corrected chi connectivity index (χ0v) is 10.8. The molecule has 100 valence electrons. The molecule has 0 spiro atoms. The van der Waals surface area contributed by atoms with Crippen molar-refractivity contribution >= 4 is 5.91 Å². The first-order valence-electron chi connectivity index (χ1n) is 6.11. The van der Waals surface area contributed by atoms with Crippen molar-refractivity contribution in [1.29, 1.82) is 0 Å². The number of amides is 1. The predicted octanol–water partition coefficient (Wildman–Crippen LogP) is 0.265. The molecule has 1 rings (SSSR count). The highest BCUT2D eigenvalue weighted by atomic mass is 16.2. The van der Waals surface area contributed by atoms with E-state index >= 15 is 0 Å². The summed E-state index contributed by atoms with van der Waals surface area (Å²) in [7, 11) is 0. The number of carbonyl (C=O) groups excluding carboxylic acids is 1. The van der Waals surface area contributed by atoms with Crippen LogP contribution in [0.15, 0.2) is 16.9 Å². The summed E-state index contributed by atoms with van der Waals surface area (Å²) >= 11 is 0. The van der Waals surface area contributed by atoms with Crippen molar-refractivity contribution in [1.82, 2.24) is 15.5 Å². The van der Waals surface area contributed by atoms with E-state index in [1.807, 2.05) is 0 Å². The average molecular weight is 252 g/mol. The van der Waals surface area contributed by atoms with E-state index in [1.54, 1.807) is 0 Å². The minimum Gasteiger partial charge on any atom is -0.350 e. The van der Waals surface area contributed by atoms with Gasteiger partial charge >= 0.3 is 0 Å². The van der Waals surface area contributed by atoms with Crippen molar-refractivity contribution in [2.24, 2.45) is 11.1 Å². The lowest BCUT2D eigenvalue weighted by Crippen LogP contribution is -2.42. The van der Waals surface area contributed by atoms with Crippen LogP contribution < -0.4 is 16.6 Å². The van der Waals surface area contributed by atoms with Crippen molar-refractivity contribution in [2.45, 2.75) is 26.7 Å². The van der Waals surface area contributed by atoms with Crippen molar-refractivity contribution in [3.8, 4) is 0 Å². The van der Waals surface area contributed by atoms with Gasteiger partial charge in [0.2, 0.25) is 0 Å². The van der Waals surface area contributed by atoms with Gasteiger partial charge in [-0.3, -0.25) is 9.59 Å². The van der Waals surface area contributed by atoms with Crippen molar-refractivity contribution in [3.05, 3.63) is 28.2 Å². The molecule has 0 aliphatic carbocycles. The highest BCUT2D eigenvalue weighted by molar-refractivity contribution is 5.91. The Morgan fingerprint density at radius 3 is 2.56 bits per heavy atom. The number of hydrogen-bond acceptors (Lipinski definition) is 4. The van der Waals surface area contributed by atoms with E-state index in [0.29, 0.717) is 13.1 Å². The Morgan fingerprint density at radius 2 is 2.11 bits per heavy atom. The smallest absolute Gasteiger partial charge is 0.271 e. The summed E-state index contributed by atoms with van der Waals surface area (Å²) in [4.78, 5) is 22.6. The number of carbonyl (C=O) groups is 1. The molecule has 0 bridgehead atoms. The van der Waals surface area contributed by atoms with Crippen LogP contribution in [-0.4, -0.2) is 29.2 Å². The topological polar surface area (TPSA) is 101 Å². The lowest BCUT2D eigenvalue weighted by Gasteiger charge is -2.30. The molecule has 0 aromatic carbocycles. The van der Waals surface area contributed by atoms with Crippen LogP contribution in [0.5, 0.6) is 0 Å². The fourth-order valence-electron chi connectivity index (χ4n) is 1.69. The Labute approximate surface area is 106 Å². The summed E-state index contributed by atoms with van der Waals surface area (Å²) < 4.78 is 0. The highest BCUT2D eigenvalue weighted by Gasteiger charge is 2.25. The van der Waals surface area contributed by atoms with E-state index in [4.69, 9.17) is 5.73 Å². The predicted molar refractivity (Wildman–Crippen MR) is 69.3 cm³/mol. The number of nitrogens with zero attached hydrogens (tertiary/aromatic N) is 1. The third-order valence-corrected chi connectivity index (χ3v) is 3.47. The van der Waals surface area contributed by atoms with E-state index in [2.05, 4.69) is 29.4 Å². The molecule has 6 nitrogen and oxygen atoms in total. The Kier molecular flexibility index (Phi) is 5.03. The first-order chi connectivity index (χ1) is 8.56. The largest absolute Gasteiger partial charge is 0.350 e. The first-order valence-corrected chi connectivity index (χ1v) is 6.11. The molecule has 0 saturated heterocycles. The molecule has 0 unspecified atom stereocenters. The van der Waals surface area contributed by atoms with E-state index < -0.39 is 0 Å². The molecule has 4 N–H and O–H groups in total. The lowest BCUT2D eigenvalue weighted by molar-refractivity contribution is 0.0922. The number of aromatic nitrogens is 2. The molecule has 1 amide bonds. The van der Waals surface area contributed by atoms with Gasteiger partial charge in [-0.25, -0.2) is 5.10 Å². The second kappa shape index (κ2) is 6.30. The molecular weight excluding hydrogens is 232 g/mol. The van der Waals surface area contributed by atoms with Crippen LogP contribution in [0.1, 0.15) is 37.2 Å². The summed E-state index contributed by atoms with van der Waals surface area (Å²) in [5.74, 6) is -0.300. The van der Waals surface area contributed by atoms with Crippen molar-refractivity contribution in [3.63, 3.8) is 0 Å². The van der Waals surface area contributed by atoms with Crippen LogP contribution in [0.2, 0.25) is 0 Å². The third-order valence-electron chi connectivity index (χ3n) is 3.47. The zero-order chi connectivity index (χ0) is 13.6. The molecule has 0 aliphatic heterocycles. The molecule has 0 atom stereocenters. The summed E-state index contributed by atoms with van der Waals surface area (Å²) in [5.41, 5.74) is 5.56. The molecule has 0 radical (unpaired) electrons. The maximum Gasteiger partial charge on any atom is 0.271 e. The number of nitrogens with two attached hydrogens (primary N) is 1. The van der Waals surface area contributed by atoms with Crippen LogP contribution in [0.3, 0.4) is 0 Å². The van der Waals surface area contributed by atoms with Crippen molar-refractivity contribution < 1.29 is 4.79 Å². The molecule has 0 fully saturated rings. The summed E-state index contributed by atoms with van der Waals surface area (Å²) in [5, 5.41) is 8.71. The minimum absolute atomic E-state index is 0.0716. The van der Waals surface area contributed by atoms with Crippen LogP contribution >= 0.6 is 0 Å². The highest BCUT2D eigenvalue weighted by Crippen LogP contribution is 2.23. The van der Waals surface area contributed by atoms with Gasteiger partial charge in [-0.1, -0.05) is 13.8 Å². The Morgan fingerprint density at radius 1 is 1.44 bits per heavy atom. The Balaban J connectivity index is 2.65. The van der Waals surface area contributed by atoms with Gasteiger partial charge in [0.05, 0.1) is 0 Å². The van der Waals surface area contributed by atoms with Crippen molar-refractivity contribution in [2.75, 3.05) is 13.1 Å². The summed E-state index contributed by atoms with van der Waals surface area (Å²) in [6.07, 6.45) is 1.80. The van der Waals surface area contributed by atoms with Gasteiger partial charge in [0.1, 0.15) is 5.69 Å². The maximum absolute atomic E-state index is 11.8. The number of rotatable bonds is 6. The molecule has 0 saturated carbocycles. The lowest BCUT2D eigenvalue weighted by atomic mass is 9.82.